The van der Waals surface area contributed by atoms with Gasteiger partial charge in [-0.25, -0.2) is 9.66 Å². The molecule has 4 rings (SSSR count). The number of H-pyrrole nitrogens is 1. The number of nitrogens with one attached hydrogen (secondary N) is 2. The first-order chi connectivity index (χ1) is 10.3. The van der Waals surface area contributed by atoms with Gasteiger partial charge in [0.1, 0.15) is 6.33 Å². The Morgan fingerprint density at radius 1 is 1.14 bits per heavy atom. The zero-order valence-electron chi connectivity index (χ0n) is 10.9. The second-order valence-corrected chi connectivity index (χ2v) is 4.68. The fourth-order valence-corrected chi connectivity index (χ4v) is 2.38. The first-order valence-corrected chi connectivity index (χ1v) is 6.48. The first kappa shape index (κ1) is 11.7. The van der Waals surface area contributed by atoms with Crippen LogP contribution < -0.4 is 5.43 Å². The number of benzene rings is 2. The van der Waals surface area contributed by atoms with Crippen LogP contribution in [0.1, 0.15) is 10.4 Å². The van der Waals surface area contributed by atoms with Crippen LogP contribution in [0.2, 0.25) is 0 Å². The maximum Gasteiger partial charge on any atom is 0.272 e. The van der Waals surface area contributed by atoms with Gasteiger partial charge in [0, 0.05) is 5.39 Å². The molecule has 102 valence electrons. The van der Waals surface area contributed by atoms with Crippen molar-refractivity contribution in [1.29, 1.82) is 0 Å². The van der Waals surface area contributed by atoms with Gasteiger partial charge in [-0.15, -0.1) is 0 Å². The highest BCUT2D eigenvalue weighted by Gasteiger charge is 2.12. The van der Waals surface area contributed by atoms with Crippen LogP contribution in [0.15, 0.2) is 55.0 Å². The van der Waals surface area contributed by atoms with Crippen molar-refractivity contribution in [3.63, 3.8) is 0 Å². The minimum absolute atomic E-state index is 0.215. The van der Waals surface area contributed by atoms with Gasteiger partial charge in [-0.2, -0.15) is 5.10 Å². The number of amides is 1. The summed E-state index contributed by atoms with van der Waals surface area (Å²) in [6, 6.07) is 13.1. The highest BCUT2D eigenvalue weighted by Crippen LogP contribution is 2.16. The van der Waals surface area contributed by atoms with Crippen LogP contribution in [-0.4, -0.2) is 25.8 Å². The predicted molar refractivity (Wildman–Crippen MR) is 79.5 cm³/mol. The molecule has 2 aromatic heterocycles. The van der Waals surface area contributed by atoms with Crippen LogP contribution in [0.25, 0.3) is 21.9 Å². The van der Waals surface area contributed by atoms with Crippen LogP contribution in [0, 0.1) is 0 Å². The van der Waals surface area contributed by atoms with E-state index in [0.29, 0.717) is 5.56 Å². The average molecular weight is 277 g/mol. The monoisotopic (exact) mass is 277 g/mol. The zero-order chi connectivity index (χ0) is 14.2. The van der Waals surface area contributed by atoms with E-state index in [0.717, 1.165) is 21.9 Å². The minimum Gasteiger partial charge on any atom is -0.277 e. The number of carbonyl (C=O) groups excluding carboxylic acids is 1. The van der Waals surface area contributed by atoms with Gasteiger partial charge in [0.2, 0.25) is 0 Å². The molecule has 2 N–H and O–H groups in total. The molecule has 0 saturated heterocycles. The Labute approximate surface area is 119 Å². The van der Waals surface area contributed by atoms with Crippen molar-refractivity contribution in [3.05, 3.63) is 60.6 Å². The average Bonchev–Trinajstić information content (AvgIpc) is 3.14. The number of nitrogens with zero attached hydrogens (tertiary/aromatic N) is 3. The molecule has 0 bridgehead atoms. The lowest BCUT2D eigenvalue weighted by Crippen LogP contribution is -2.22. The van der Waals surface area contributed by atoms with Crippen molar-refractivity contribution >= 4 is 27.8 Å². The minimum atomic E-state index is -0.215. The maximum atomic E-state index is 12.5. The zero-order valence-corrected chi connectivity index (χ0v) is 10.9. The summed E-state index contributed by atoms with van der Waals surface area (Å²) in [5, 5.41) is 7.72. The molecule has 0 radical (unpaired) electrons. The third kappa shape index (κ3) is 1.85. The fraction of sp³-hybridized carbons (Fsp3) is 0. The van der Waals surface area contributed by atoms with Crippen molar-refractivity contribution in [2.45, 2.75) is 0 Å². The Bertz CT molecular complexity index is 953. The molecule has 1 amide bonds. The van der Waals surface area contributed by atoms with Gasteiger partial charge in [-0.3, -0.25) is 15.3 Å². The van der Waals surface area contributed by atoms with Gasteiger partial charge >= 0.3 is 0 Å². The molecular weight excluding hydrogens is 266 g/mol. The molecule has 0 aliphatic rings. The molecular formula is C15H11N5O. The molecule has 0 fully saturated rings. The topological polar surface area (TPSA) is 75.6 Å². The summed E-state index contributed by atoms with van der Waals surface area (Å²) in [6.45, 7) is 0. The van der Waals surface area contributed by atoms with E-state index in [1.807, 2.05) is 36.4 Å². The van der Waals surface area contributed by atoms with E-state index in [1.165, 1.54) is 0 Å². The third-order valence-corrected chi connectivity index (χ3v) is 3.40. The van der Waals surface area contributed by atoms with E-state index in [4.69, 9.17) is 0 Å². The first-order valence-electron chi connectivity index (χ1n) is 6.48. The number of para-hydroxylation sites is 3. The summed E-state index contributed by atoms with van der Waals surface area (Å²) in [5.74, 6) is -0.215. The van der Waals surface area contributed by atoms with E-state index in [9.17, 15) is 4.79 Å². The van der Waals surface area contributed by atoms with Crippen molar-refractivity contribution in [3.8, 4) is 0 Å². The molecule has 2 heterocycles. The Balaban J connectivity index is 1.74. The predicted octanol–water partition coefficient (Wildman–Crippen LogP) is 2.30. The lowest BCUT2D eigenvalue weighted by Gasteiger charge is -2.07. The van der Waals surface area contributed by atoms with Gasteiger partial charge < -0.3 is 0 Å². The largest absolute Gasteiger partial charge is 0.277 e. The van der Waals surface area contributed by atoms with Crippen LogP contribution in [-0.2, 0) is 0 Å². The molecule has 4 aromatic rings. The van der Waals surface area contributed by atoms with Crippen LogP contribution >= 0.6 is 0 Å². The van der Waals surface area contributed by atoms with Crippen molar-refractivity contribution in [2.24, 2.45) is 0 Å². The molecule has 6 heteroatoms. The smallest absolute Gasteiger partial charge is 0.272 e. The molecule has 0 aliphatic heterocycles. The van der Waals surface area contributed by atoms with E-state index in [2.05, 4.69) is 20.6 Å². The Hall–Kier alpha value is -3.15. The summed E-state index contributed by atoms with van der Waals surface area (Å²) in [4.78, 5) is 16.7. The number of hydrogen-bond donors (Lipinski definition) is 2. The summed E-state index contributed by atoms with van der Waals surface area (Å²) in [7, 11) is 0. The van der Waals surface area contributed by atoms with Gasteiger partial charge in [0.25, 0.3) is 5.91 Å². The normalized spacial score (nSPS) is 11.0. The molecule has 0 saturated carbocycles. The van der Waals surface area contributed by atoms with E-state index < -0.39 is 0 Å². The molecule has 6 nitrogen and oxygen atoms in total. The number of rotatable bonds is 2. The Kier molecular flexibility index (Phi) is 2.47. The molecule has 0 atom stereocenters. The molecule has 2 aromatic carbocycles. The van der Waals surface area contributed by atoms with Gasteiger partial charge in [-0.05, 0) is 18.2 Å². The number of hydrogen-bond acceptors (Lipinski definition) is 3. The van der Waals surface area contributed by atoms with Crippen molar-refractivity contribution in [1.82, 2.24) is 19.9 Å². The SMILES string of the molecule is O=C(Nn1cnc2ccccc21)c1cccc2cn[nH]c12. The maximum absolute atomic E-state index is 12.5. The van der Waals surface area contributed by atoms with Crippen molar-refractivity contribution < 1.29 is 4.79 Å². The van der Waals surface area contributed by atoms with Crippen LogP contribution in [0.3, 0.4) is 0 Å². The number of fused-ring (bicyclic) bond motifs is 2. The number of carbonyl (C=O) groups is 1. The summed E-state index contributed by atoms with van der Waals surface area (Å²) >= 11 is 0. The highest BCUT2D eigenvalue weighted by molar-refractivity contribution is 6.09. The molecule has 0 spiro atoms. The van der Waals surface area contributed by atoms with Crippen LogP contribution in [0.4, 0.5) is 0 Å². The van der Waals surface area contributed by atoms with Gasteiger partial charge in [0.05, 0.1) is 28.3 Å². The van der Waals surface area contributed by atoms with Crippen LogP contribution in [0.5, 0.6) is 0 Å². The second-order valence-electron chi connectivity index (χ2n) is 4.68. The fourth-order valence-electron chi connectivity index (χ4n) is 2.38. The molecule has 0 unspecified atom stereocenters. The van der Waals surface area contributed by atoms with Crippen molar-refractivity contribution in [2.75, 3.05) is 5.43 Å². The summed E-state index contributed by atoms with van der Waals surface area (Å²) in [5.41, 5.74) is 5.78. The highest BCUT2D eigenvalue weighted by atomic mass is 16.2. The second kappa shape index (κ2) is 4.45. The molecule has 0 aliphatic carbocycles. The van der Waals surface area contributed by atoms with Gasteiger partial charge in [-0.1, -0.05) is 24.3 Å². The van der Waals surface area contributed by atoms with Gasteiger partial charge in [0.15, 0.2) is 0 Å². The standard InChI is InChI=1S/C15H11N5O/c21-15(11-5-3-4-10-8-17-18-14(10)11)19-20-9-16-12-6-1-2-7-13(12)20/h1-9H,(H,17,18)(H,19,21). The number of imidazole rings is 1. The summed E-state index contributed by atoms with van der Waals surface area (Å²) in [6.07, 6.45) is 3.29. The molecule has 21 heavy (non-hydrogen) atoms. The number of aromatic amines is 1. The Morgan fingerprint density at radius 3 is 3.00 bits per heavy atom. The van der Waals surface area contributed by atoms with E-state index >= 15 is 0 Å². The summed E-state index contributed by atoms with van der Waals surface area (Å²) < 4.78 is 1.62. The lowest BCUT2D eigenvalue weighted by atomic mass is 10.1. The third-order valence-electron chi connectivity index (χ3n) is 3.40. The van der Waals surface area contributed by atoms with E-state index in [1.54, 1.807) is 23.3 Å². The Morgan fingerprint density at radius 2 is 2.05 bits per heavy atom. The van der Waals surface area contributed by atoms with E-state index in [-0.39, 0.29) is 5.91 Å². The number of aromatic nitrogens is 4. The quantitative estimate of drug-likeness (QED) is 0.590. The lowest BCUT2D eigenvalue weighted by molar-refractivity contribution is 0.101.